The first-order chi connectivity index (χ1) is 18.2. The molecule has 0 saturated heterocycles. The number of quaternary nitrogens is 1. The van der Waals surface area contributed by atoms with E-state index in [0.717, 1.165) is 34.1 Å². The highest BCUT2D eigenvalue weighted by molar-refractivity contribution is 5.53. The minimum atomic E-state index is 0.768. The third kappa shape index (κ3) is 8.73. The Labute approximate surface area is 226 Å². The summed E-state index contributed by atoms with van der Waals surface area (Å²) in [5, 5.41) is 0. The van der Waals surface area contributed by atoms with Gasteiger partial charge in [-0.2, -0.15) is 0 Å². The monoisotopic (exact) mass is 504 g/mol. The normalized spacial score (nSPS) is 10.1. The van der Waals surface area contributed by atoms with Crippen molar-refractivity contribution >= 4 is 39.8 Å². The smallest absolute Gasteiger partial charge is 0.141 e. The van der Waals surface area contributed by atoms with Gasteiger partial charge in [-0.3, -0.25) is 0 Å². The summed E-state index contributed by atoms with van der Waals surface area (Å²) in [7, 11) is 0. The summed E-state index contributed by atoms with van der Waals surface area (Å²) in [4.78, 5) is 1.18. The molecule has 5 aromatic carbocycles. The maximum Gasteiger partial charge on any atom is 0.141 e. The van der Waals surface area contributed by atoms with Crippen LogP contribution in [0.1, 0.15) is 16.7 Å². The van der Waals surface area contributed by atoms with Gasteiger partial charge in [-0.1, -0.05) is 53.1 Å². The second-order valence-corrected chi connectivity index (χ2v) is 9.31. The molecule has 0 bridgehead atoms. The van der Waals surface area contributed by atoms with Crippen LogP contribution in [0.5, 0.6) is 0 Å². The van der Waals surface area contributed by atoms with Gasteiger partial charge in [0.1, 0.15) is 17.1 Å². The minimum Gasteiger partial charge on any atom is -0.399 e. The van der Waals surface area contributed by atoms with Crippen LogP contribution in [0.15, 0.2) is 121 Å². The highest BCUT2D eigenvalue weighted by atomic mass is 15.1. The van der Waals surface area contributed by atoms with Gasteiger partial charge in [-0.15, -0.1) is 0 Å². The molecule has 0 amide bonds. The lowest BCUT2D eigenvalue weighted by Gasteiger charge is -2.19. The third-order valence-corrected chi connectivity index (χ3v) is 5.89. The molecule has 0 aliphatic heterocycles. The summed E-state index contributed by atoms with van der Waals surface area (Å²) < 4.78 is 0. The quantitative estimate of drug-likeness (QED) is 0.181. The van der Waals surface area contributed by atoms with E-state index in [4.69, 9.17) is 22.9 Å². The van der Waals surface area contributed by atoms with E-state index in [9.17, 15) is 0 Å². The van der Waals surface area contributed by atoms with Crippen LogP contribution in [-0.4, -0.2) is 0 Å². The van der Waals surface area contributed by atoms with Crippen LogP contribution in [0, 0.1) is 20.8 Å². The predicted octanol–water partition coefficient (Wildman–Crippen LogP) is 6.49. The van der Waals surface area contributed by atoms with Gasteiger partial charge in [0.25, 0.3) is 0 Å². The van der Waals surface area contributed by atoms with E-state index in [2.05, 4.69) is 55.5 Å². The number of aryl methyl sites for hydroxylation is 3. The lowest BCUT2D eigenvalue weighted by atomic mass is 10.1. The zero-order valence-electron chi connectivity index (χ0n) is 22.4. The van der Waals surface area contributed by atoms with Crippen molar-refractivity contribution < 1.29 is 4.90 Å². The van der Waals surface area contributed by atoms with Crippen molar-refractivity contribution in [2.24, 2.45) is 0 Å². The molecule has 0 fully saturated rings. The Morgan fingerprint density at radius 1 is 0.316 bits per heavy atom. The Morgan fingerprint density at radius 3 is 0.737 bits per heavy atom. The van der Waals surface area contributed by atoms with E-state index in [0.29, 0.717) is 0 Å². The van der Waals surface area contributed by atoms with E-state index >= 15 is 0 Å². The molecule has 0 heterocycles. The van der Waals surface area contributed by atoms with Gasteiger partial charge in [0, 0.05) is 59.1 Å². The number of nitrogens with two attached hydrogens (primary N) is 4. The van der Waals surface area contributed by atoms with E-state index in [-0.39, 0.29) is 0 Å². The third-order valence-electron chi connectivity index (χ3n) is 5.89. The number of benzene rings is 5. The highest BCUT2D eigenvalue weighted by Gasteiger charge is 2.18. The first-order valence-electron chi connectivity index (χ1n) is 12.5. The number of rotatable bonds is 3. The summed E-state index contributed by atoms with van der Waals surface area (Å²) in [5.41, 5.74) is 32.9. The Kier molecular flexibility index (Phi) is 9.92. The Hall–Kier alpha value is -4.74. The van der Waals surface area contributed by atoms with Gasteiger partial charge < -0.3 is 22.9 Å². The maximum atomic E-state index is 5.82. The molecule has 0 spiro atoms. The lowest BCUT2D eigenvalue weighted by molar-refractivity contribution is -0.681. The summed E-state index contributed by atoms with van der Waals surface area (Å²) in [6.45, 7) is 6.18. The molecule has 0 saturated carbocycles. The molecule has 5 aromatic rings. The fraction of sp³-hybridized carbons (Fsp3) is 0.0909. The number of nitrogens with one attached hydrogen (secondary N) is 1. The molecular weight excluding hydrogens is 466 g/mol. The molecule has 5 nitrogen and oxygen atoms in total. The molecule has 0 aromatic heterocycles. The number of anilines is 4. The van der Waals surface area contributed by atoms with Crippen LogP contribution in [0.4, 0.5) is 39.8 Å². The molecule has 5 rings (SSSR count). The van der Waals surface area contributed by atoms with Crippen molar-refractivity contribution in [3.05, 3.63) is 138 Å². The molecule has 194 valence electrons. The zero-order chi connectivity index (χ0) is 27.5. The van der Waals surface area contributed by atoms with Gasteiger partial charge in [0.15, 0.2) is 0 Å². The average Bonchev–Trinajstić information content (AvgIpc) is 2.92. The molecule has 5 heteroatoms. The topological polar surface area (TPSA) is 109 Å². The number of hydrogen-bond acceptors (Lipinski definition) is 4. The molecule has 0 aliphatic rings. The van der Waals surface area contributed by atoms with E-state index < -0.39 is 0 Å². The van der Waals surface area contributed by atoms with Gasteiger partial charge in [-0.05, 0) is 69.3 Å². The molecular formula is C33H38N5+. The van der Waals surface area contributed by atoms with Gasteiger partial charge >= 0.3 is 0 Å². The molecule has 0 radical (unpaired) electrons. The first kappa shape index (κ1) is 27.8. The number of nitrogen functional groups attached to an aromatic ring is 4. The Balaban J connectivity index is 0.000000203. The van der Waals surface area contributed by atoms with Crippen molar-refractivity contribution in [3.63, 3.8) is 0 Å². The summed E-state index contributed by atoms with van der Waals surface area (Å²) in [5.74, 6) is 0. The van der Waals surface area contributed by atoms with Crippen molar-refractivity contribution in [2.45, 2.75) is 20.8 Å². The van der Waals surface area contributed by atoms with E-state index in [1.165, 1.54) is 27.3 Å². The molecule has 0 atom stereocenters. The van der Waals surface area contributed by atoms with Crippen LogP contribution in [0.25, 0.3) is 0 Å². The maximum absolute atomic E-state index is 5.82. The van der Waals surface area contributed by atoms with Crippen molar-refractivity contribution in [2.75, 3.05) is 22.9 Å². The molecule has 0 aliphatic carbocycles. The lowest BCUT2D eigenvalue weighted by Crippen LogP contribution is -2.96. The van der Waals surface area contributed by atoms with Crippen LogP contribution in [-0.2, 0) is 0 Å². The summed E-state index contributed by atoms with van der Waals surface area (Å²) >= 11 is 0. The van der Waals surface area contributed by atoms with Gasteiger partial charge in [0.05, 0.1) is 0 Å². The average molecular weight is 505 g/mol. The second kappa shape index (κ2) is 13.5. The number of hydrogen-bond donors (Lipinski definition) is 5. The van der Waals surface area contributed by atoms with E-state index in [1.807, 2.05) is 86.6 Å². The largest absolute Gasteiger partial charge is 0.399 e. The standard InChI is InChI=1S/C19H19N3.2C7H9N/c1-14-2-8-17(9-3-14)22(18-10-4-15(20)5-11-18)19-12-6-16(21)7-13-19;2*1-6-2-4-7(8)5-3-6/h2-13H,20-21H2,1H3;2*2-5H,8H2,1H3/p+1. The van der Waals surface area contributed by atoms with Crippen molar-refractivity contribution in [1.82, 2.24) is 0 Å². The fourth-order valence-electron chi connectivity index (χ4n) is 3.65. The molecule has 9 N–H and O–H groups in total. The van der Waals surface area contributed by atoms with Crippen LogP contribution >= 0.6 is 0 Å². The van der Waals surface area contributed by atoms with Crippen LogP contribution < -0.4 is 27.8 Å². The molecule has 0 unspecified atom stereocenters. The fourth-order valence-corrected chi connectivity index (χ4v) is 3.65. The van der Waals surface area contributed by atoms with Crippen LogP contribution in [0.2, 0.25) is 0 Å². The van der Waals surface area contributed by atoms with Gasteiger partial charge in [-0.25, -0.2) is 4.90 Å². The summed E-state index contributed by atoms with van der Waals surface area (Å²) in [6, 6.07) is 40.1. The Morgan fingerprint density at radius 2 is 0.500 bits per heavy atom. The van der Waals surface area contributed by atoms with Crippen molar-refractivity contribution in [3.8, 4) is 0 Å². The predicted molar refractivity (Wildman–Crippen MR) is 164 cm³/mol. The zero-order valence-corrected chi connectivity index (χ0v) is 22.4. The summed E-state index contributed by atoms with van der Waals surface area (Å²) in [6.07, 6.45) is 0. The highest BCUT2D eigenvalue weighted by Crippen LogP contribution is 2.18. The molecule has 38 heavy (non-hydrogen) atoms. The SMILES string of the molecule is Cc1ccc(N)cc1.Cc1ccc(N)cc1.Cc1ccc([NH+](c2ccc(N)cc2)c2ccc(N)cc2)cc1. The van der Waals surface area contributed by atoms with Gasteiger partial charge in [0.2, 0.25) is 0 Å². The first-order valence-corrected chi connectivity index (χ1v) is 12.5. The van der Waals surface area contributed by atoms with E-state index in [1.54, 1.807) is 0 Å². The Bertz CT molecular complexity index is 1180. The minimum absolute atomic E-state index is 0.768. The van der Waals surface area contributed by atoms with Crippen LogP contribution in [0.3, 0.4) is 0 Å². The van der Waals surface area contributed by atoms with Crippen molar-refractivity contribution in [1.29, 1.82) is 0 Å². The second-order valence-electron chi connectivity index (χ2n) is 9.31.